The van der Waals surface area contributed by atoms with Crippen molar-refractivity contribution in [2.75, 3.05) is 46.0 Å². The summed E-state index contributed by atoms with van der Waals surface area (Å²) < 4.78 is 24.2. The first-order chi connectivity index (χ1) is 14.5. The Labute approximate surface area is 180 Å². The molecule has 160 valence electrons. The molecule has 30 heavy (non-hydrogen) atoms. The summed E-state index contributed by atoms with van der Waals surface area (Å²) in [5.41, 5.74) is 0.737. The Morgan fingerprint density at radius 2 is 1.60 bits per heavy atom. The van der Waals surface area contributed by atoms with Crippen LogP contribution in [-0.4, -0.2) is 67.6 Å². The van der Waals surface area contributed by atoms with Crippen LogP contribution in [0.3, 0.4) is 0 Å². The second-order valence-corrected chi connectivity index (χ2v) is 7.16. The summed E-state index contributed by atoms with van der Waals surface area (Å²) in [7, 11) is 0. The van der Waals surface area contributed by atoms with Crippen molar-refractivity contribution in [1.82, 2.24) is 9.80 Å². The lowest BCUT2D eigenvalue weighted by atomic mass is 10.1. The smallest absolute Gasteiger partial charge is 0.257 e. The van der Waals surface area contributed by atoms with Gasteiger partial charge in [0.2, 0.25) is 0 Å². The van der Waals surface area contributed by atoms with E-state index >= 15 is 0 Å². The Kier molecular flexibility index (Phi) is 7.65. The van der Waals surface area contributed by atoms with E-state index in [0.717, 1.165) is 6.07 Å². The summed E-state index contributed by atoms with van der Waals surface area (Å²) in [6.07, 6.45) is 0. The summed E-state index contributed by atoms with van der Waals surface area (Å²) in [6.45, 7) is 4.83. The number of hydrogen-bond donors (Lipinski definition) is 0. The predicted molar refractivity (Wildman–Crippen MR) is 112 cm³/mol. The molecule has 3 rings (SSSR count). The van der Waals surface area contributed by atoms with Crippen LogP contribution in [0.25, 0.3) is 0 Å². The van der Waals surface area contributed by atoms with Crippen LogP contribution in [-0.2, 0) is 4.74 Å². The Bertz CT molecular complexity index is 900. The number of halogens is 2. The molecule has 0 spiro atoms. The predicted octanol–water partition coefficient (Wildman–Crippen LogP) is 3.49. The highest BCUT2D eigenvalue weighted by Gasteiger charge is 2.27. The highest BCUT2D eigenvalue weighted by molar-refractivity contribution is 6.33. The first-order valence-electron chi connectivity index (χ1n) is 9.84. The lowest BCUT2D eigenvalue weighted by Crippen LogP contribution is -2.50. The topological polar surface area (TPSA) is 59.1 Å². The number of hydrogen-bond acceptors (Lipinski definition) is 4. The van der Waals surface area contributed by atoms with E-state index < -0.39 is 5.82 Å². The zero-order chi connectivity index (χ0) is 21.5. The fourth-order valence-electron chi connectivity index (χ4n) is 3.24. The molecule has 0 aromatic heterocycles. The van der Waals surface area contributed by atoms with Crippen LogP contribution in [0.15, 0.2) is 42.5 Å². The molecular formula is C22H24ClFN2O4. The van der Waals surface area contributed by atoms with Gasteiger partial charge < -0.3 is 19.3 Å². The monoisotopic (exact) mass is 434 g/mol. The van der Waals surface area contributed by atoms with E-state index in [4.69, 9.17) is 21.1 Å². The Morgan fingerprint density at radius 1 is 0.967 bits per heavy atom. The maximum Gasteiger partial charge on any atom is 0.257 e. The van der Waals surface area contributed by atoms with Crippen molar-refractivity contribution >= 4 is 23.4 Å². The molecule has 0 radical (unpaired) electrons. The van der Waals surface area contributed by atoms with Gasteiger partial charge in [0.1, 0.15) is 18.2 Å². The van der Waals surface area contributed by atoms with Crippen molar-refractivity contribution < 1.29 is 23.5 Å². The molecule has 1 aliphatic rings. The molecule has 2 aromatic rings. The maximum absolute atomic E-state index is 13.2. The fourth-order valence-corrected chi connectivity index (χ4v) is 3.49. The molecule has 2 aromatic carbocycles. The van der Waals surface area contributed by atoms with Crippen LogP contribution in [0, 0.1) is 5.82 Å². The molecule has 1 aliphatic heterocycles. The molecule has 1 heterocycles. The normalized spacial score (nSPS) is 14.0. The third-order valence-electron chi connectivity index (χ3n) is 4.82. The van der Waals surface area contributed by atoms with Crippen molar-refractivity contribution in [1.29, 1.82) is 0 Å². The van der Waals surface area contributed by atoms with Gasteiger partial charge in [-0.15, -0.1) is 0 Å². The molecule has 8 heteroatoms. The van der Waals surface area contributed by atoms with Crippen LogP contribution in [0.4, 0.5) is 4.39 Å². The van der Waals surface area contributed by atoms with Crippen LogP contribution in [0.5, 0.6) is 5.75 Å². The Hall–Kier alpha value is -2.64. The minimum Gasteiger partial charge on any atom is -0.490 e. The van der Waals surface area contributed by atoms with Gasteiger partial charge in [-0.3, -0.25) is 9.59 Å². The second-order valence-electron chi connectivity index (χ2n) is 6.75. The van der Waals surface area contributed by atoms with E-state index in [1.165, 1.54) is 12.1 Å². The van der Waals surface area contributed by atoms with E-state index in [1.54, 1.807) is 28.0 Å². The number of amides is 2. The average Bonchev–Trinajstić information content (AvgIpc) is 2.76. The number of nitrogens with zero attached hydrogens (tertiary/aromatic N) is 2. The van der Waals surface area contributed by atoms with Gasteiger partial charge in [-0.05, 0) is 37.3 Å². The molecule has 0 saturated carbocycles. The third-order valence-corrected chi connectivity index (χ3v) is 5.14. The highest BCUT2D eigenvalue weighted by atomic mass is 35.5. The van der Waals surface area contributed by atoms with Crippen LogP contribution >= 0.6 is 11.6 Å². The van der Waals surface area contributed by atoms with Gasteiger partial charge >= 0.3 is 0 Å². The number of rotatable bonds is 7. The number of para-hydroxylation sites is 1. The molecule has 2 amide bonds. The Balaban J connectivity index is 1.61. The summed E-state index contributed by atoms with van der Waals surface area (Å²) in [5, 5.41) is 0.0802. The van der Waals surface area contributed by atoms with E-state index in [-0.39, 0.29) is 22.4 Å². The van der Waals surface area contributed by atoms with Crippen molar-refractivity contribution in [3.05, 3.63) is 64.4 Å². The molecule has 0 bridgehead atoms. The van der Waals surface area contributed by atoms with E-state index in [0.29, 0.717) is 57.3 Å². The Morgan fingerprint density at radius 3 is 2.23 bits per heavy atom. The molecule has 0 atom stereocenters. The van der Waals surface area contributed by atoms with Crippen LogP contribution in [0.2, 0.25) is 5.02 Å². The summed E-state index contributed by atoms with van der Waals surface area (Å²) in [6, 6.07) is 10.8. The largest absolute Gasteiger partial charge is 0.490 e. The highest BCUT2D eigenvalue weighted by Crippen LogP contribution is 2.23. The number of carbonyl (C=O) groups is 2. The first-order valence-corrected chi connectivity index (χ1v) is 10.2. The molecular weight excluding hydrogens is 411 g/mol. The number of piperazine rings is 1. The van der Waals surface area contributed by atoms with Crippen molar-refractivity contribution in [2.45, 2.75) is 6.92 Å². The van der Waals surface area contributed by atoms with Gasteiger partial charge in [0.15, 0.2) is 0 Å². The molecule has 6 nitrogen and oxygen atoms in total. The molecule has 1 saturated heterocycles. The summed E-state index contributed by atoms with van der Waals surface area (Å²) in [4.78, 5) is 29.0. The average molecular weight is 435 g/mol. The third kappa shape index (κ3) is 5.29. The number of ether oxygens (including phenoxy) is 2. The van der Waals surface area contributed by atoms with Crippen molar-refractivity contribution in [2.24, 2.45) is 0 Å². The minimum absolute atomic E-state index is 0.0802. The van der Waals surface area contributed by atoms with E-state index in [9.17, 15) is 14.0 Å². The standard InChI is InChI=1S/C22H24ClFN2O4/c1-2-29-13-14-30-20-6-4-3-5-18(20)22(28)26-11-9-25(10-12-26)21(27)17-8-7-16(24)15-19(17)23/h3-8,15H,2,9-14H2,1H3. The zero-order valence-corrected chi connectivity index (χ0v) is 17.5. The SMILES string of the molecule is CCOCCOc1ccccc1C(=O)N1CCN(C(=O)c2ccc(F)cc2Cl)CC1. The van der Waals surface area contributed by atoms with Gasteiger partial charge in [0.05, 0.1) is 22.8 Å². The second kappa shape index (κ2) is 10.4. The van der Waals surface area contributed by atoms with Crippen LogP contribution < -0.4 is 4.74 Å². The van der Waals surface area contributed by atoms with E-state index in [2.05, 4.69) is 0 Å². The number of benzene rings is 2. The summed E-state index contributed by atoms with van der Waals surface area (Å²) >= 11 is 6.01. The molecule has 1 fully saturated rings. The lowest BCUT2D eigenvalue weighted by molar-refractivity contribution is 0.0531. The minimum atomic E-state index is -0.492. The van der Waals surface area contributed by atoms with E-state index in [1.807, 2.05) is 13.0 Å². The van der Waals surface area contributed by atoms with Gasteiger partial charge in [-0.2, -0.15) is 0 Å². The van der Waals surface area contributed by atoms with Gasteiger partial charge in [-0.25, -0.2) is 4.39 Å². The summed E-state index contributed by atoms with van der Waals surface area (Å²) in [5.74, 6) is -0.395. The van der Waals surface area contributed by atoms with Crippen molar-refractivity contribution in [3.63, 3.8) is 0 Å². The zero-order valence-electron chi connectivity index (χ0n) is 16.8. The lowest BCUT2D eigenvalue weighted by Gasteiger charge is -2.35. The molecule has 0 unspecified atom stereocenters. The van der Waals surface area contributed by atoms with Gasteiger partial charge in [0.25, 0.3) is 11.8 Å². The number of carbonyl (C=O) groups excluding carboxylic acids is 2. The fraction of sp³-hybridized carbons (Fsp3) is 0.364. The molecule has 0 aliphatic carbocycles. The van der Waals surface area contributed by atoms with Gasteiger partial charge in [0, 0.05) is 32.8 Å². The van der Waals surface area contributed by atoms with Crippen molar-refractivity contribution in [3.8, 4) is 5.75 Å². The van der Waals surface area contributed by atoms with Gasteiger partial charge in [-0.1, -0.05) is 23.7 Å². The quantitative estimate of drug-likeness (QED) is 0.626. The van der Waals surface area contributed by atoms with Crippen LogP contribution in [0.1, 0.15) is 27.6 Å². The maximum atomic E-state index is 13.2. The molecule has 0 N–H and O–H groups in total. The first kappa shape index (κ1) is 22.1.